The first kappa shape index (κ1) is 25.2. The fraction of sp³-hybridized carbons (Fsp3) is 0.269. The van der Waals surface area contributed by atoms with E-state index in [1.807, 2.05) is 13.8 Å². The van der Waals surface area contributed by atoms with Gasteiger partial charge in [-0.1, -0.05) is 29.8 Å². The molecule has 1 amide bonds. The lowest BCUT2D eigenvalue weighted by Gasteiger charge is -2.24. The van der Waals surface area contributed by atoms with Gasteiger partial charge in [-0.15, -0.1) is 0 Å². The molecular weight excluding hydrogens is 455 g/mol. The average molecular weight is 485 g/mol. The molecule has 3 aromatic carbocycles. The van der Waals surface area contributed by atoms with Gasteiger partial charge in [-0.05, 0) is 80.8 Å². The summed E-state index contributed by atoms with van der Waals surface area (Å²) >= 11 is 0. The van der Waals surface area contributed by atoms with Gasteiger partial charge in [0.1, 0.15) is 18.1 Å². The molecule has 0 aromatic heterocycles. The van der Waals surface area contributed by atoms with Crippen LogP contribution in [0.1, 0.15) is 24.5 Å². The highest BCUT2D eigenvalue weighted by molar-refractivity contribution is 7.92. The third-order valence-corrected chi connectivity index (χ3v) is 7.00. The largest absolute Gasteiger partial charge is 0.494 e. The van der Waals surface area contributed by atoms with E-state index in [2.05, 4.69) is 5.32 Å². The number of hydrogen-bond donors (Lipinski definition) is 1. The fourth-order valence-corrected chi connectivity index (χ4v) is 4.81. The summed E-state index contributed by atoms with van der Waals surface area (Å²) in [7, 11) is -3.99. The number of benzene rings is 3. The van der Waals surface area contributed by atoms with E-state index in [1.165, 1.54) is 24.3 Å². The Balaban J connectivity index is 1.70. The first-order valence-corrected chi connectivity index (χ1v) is 12.6. The second-order valence-corrected chi connectivity index (χ2v) is 9.69. The van der Waals surface area contributed by atoms with E-state index >= 15 is 0 Å². The maximum atomic E-state index is 13.4. The molecule has 0 bridgehead atoms. The molecule has 3 rings (SSSR count). The van der Waals surface area contributed by atoms with E-state index in [0.717, 1.165) is 15.4 Å². The zero-order chi connectivity index (χ0) is 24.6. The van der Waals surface area contributed by atoms with Gasteiger partial charge in [-0.2, -0.15) is 0 Å². The topological polar surface area (TPSA) is 75.7 Å². The predicted molar refractivity (Wildman–Crippen MR) is 131 cm³/mol. The Morgan fingerprint density at radius 1 is 0.971 bits per heavy atom. The van der Waals surface area contributed by atoms with Crippen molar-refractivity contribution in [2.45, 2.75) is 31.6 Å². The van der Waals surface area contributed by atoms with Crippen molar-refractivity contribution in [2.75, 3.05) is 24.0 Å². The maximum absolute atomic E-state index is 13.4. The minimum atomic E-state index is -3.99. The lowest BCUT2D eigenvalue weighted by Crippen LogP contribution is -2.41. The molecule has 3 aromatic rings. The van der Waals surface area contributed by atoms with Gasteiger partial charge in [0.15, 0.2) is 0 Å². The smallest absolute Gasteiger partial charge is 0.264 e. The minimum Gasteiger partial charge on any atom is -0.494 e. The number of halogens is 1. The standard InChI is InChI=1S/C26H29FN2O4S/c1-3-33-24-14-16-25(17-15-24)34(31,32)29(23-12-6-20(2)7-13-23)19-26(30)28-18-4-5-21-8-10-22(27)11-9-21/h6-17H,3-5,18-19H2,1-2H3,(H,28,30). The van der Waals surface area contributed by atoms with Crippen molar-refractivity contribution in [1.82, 2.24) is 5.32 Å². The van der Waals surface area contributed by atoms with Crippen molar-refractivity contribution in [3.8, 4) is 5.75 Å². The molecule has 34 heavy (non-hydrogen) atoms. The van der Waals surface area contributed by atoms with Crippen LogP contribution in [0.25, 0.3) is 0 Å². The minimum absolute atomic E-state index is 0.0700. The summed E-state index contributed by atoms with van der Waals surface area (Å²) in [4.78, 5) is 12.8. The number of ether oxygens (including phenoxy) is 1. The zero-order valence-corrected chi connectivity index (χ0v) is 20.1. The molecule has 0 unspecified atom stereocenters. The summed E-state index contributed by atoms with van der Waals surface area (Å²) in [6, 6.07) is 19.3. The van der Waals surface area contributed by atoms with Crippen LogP contribution >= 0.6 is 0 Å². The van der Waals surface area contributed by atoms with Crippen LogP contribution in [0.5, 0.6) is 5.75 Å². The molecule has 180 valence electrons. The molecule has 0 atom stereocenters. The van der Waals surface area contributed by atoms with Gasteiger partial charge in [0.05, 0.1) is 17.2 Å². The van der Waals surface area contributed by atoms with Gasteiger partial charge < -0.3 is 10.1 Å². The first-order valence-electron chi connectivity index (χ1n) is 11.1. The molecule has 0 aliphatic carbocycles. The van der Waals surface area contributed by atoms with E-state index in [1.54, 1.807) is 48.5 Å². The van der Waals surface area contributed by atoms with Crippen LogP contribution in [0.15, 0.2) is 77.7 Å². The molecule has 8 heteroatoms. The van der Waals surface area contributed by atoms with Crippen LogP contribution < -0.4 is 14.4 Å². The van der Waals surface area contributed by atoms with Crippen molar-refractivity contribution in [3.05, 3.63) is 89.7 Å². The Bertz CT molecular complexity index is 1180. The molecule has 0 radical (unpaired) electrons. The van der Waals surface area contributed by atoms with Crippen LogP contribution in [0.4, 0.5) is 10.1 Å². The van der Waals surface area contributed by atoms with Crippen molar-refractivity contribution >= 4 is 21.6 Å². The second-order valence-electron chi connectivity index (χ2n) is 7.83. The first-order chi connectivity index (χ1) is 16.3. The average Bonchev–Trinajstić information content (AvgIpc) is 2.83. The lowest BCUT2D eigenvalue weighted by molar-refractivity contribution is -0.119. The summed E-state index contributed by atoms with van der Waals surface area (Å²) < 4.78 is 46.4. The summed E-state index contributed by atoms with van der Waals surface area (Å²) in [5, 5.41) is 2.79. The van der Waals surface area contributed by atoms with Crippen molar-refractivity contribution < 1.29 is 22.3 Å². The van der Waals surface area contributed by atoms with Crippen LogP contribution in [-0.4, -0.2) is 34.0 Å². The van der Waals surface area contributed by atoms with Gasteiger partial charge in [0.2, 0.25) is 5.91 Å². The molecule has 0 fully saturated rings. The van der Waals surface area contributed by atoms with Gasteiger partial charge in [-0.3, -0.25) is 9.10 Å². The highest BCUT2D eigenvalue weighted by Crippen LogP contribution is 2.25. The van der Waals surface area contributed by atoms with Crippen molar-refractivity contribution in [2.24, 2.45) is 0 Å². The molecule has 0 saturated heterocycles. The molecule has 0 saturated carbocycles. The summed E-state index contributed by atoms with van der Waals surface area (Å²) in [6.07, 6.45) is 1.32. The van der Waals surface area contributed by atoms with Gasteiger partial charge >= 0.3 is 0 Å². The number of nitrogens with one attached hydrogen (secondary N) is 1. The third-order valence-electron chi connectivity index (χ3n) is 5.21. The monoisotopic (exact) mass is 484 g/mol. The molecule has 6 nitrogen and oxygen atoms in total. The number of sulfonamides is 1. The highest BCUT2D eigenvalue weighted by Gasteiger charge is 2.27. The normalized spacial score (nSPS) is 11.1. The van der Waals surface area contributed by atoms with E-state index in [9.17, 15) is 17.6 Å². The Kier molecular flexibility index (Phi) is 8.65. The van der Waals surface area contributed by atoms with Crippen molar-refractivity contribution in [1.29, 1.82) is 0 Å². The third kappa shape index (κ3) is 6.81. The molecule has 0 aliphatic heterocycles. The summed E-state index contributed by atoms with van der Waals surface area (Å²) in [6.45, 7) is 4.25. The SMILES string of the molecule is CCOc1ccc(S(=O)(=O)N(CC(=O)NCCCc2ccc(F)cc2)c2ccc(C)cc2)cc1. The van der Waals surface area contributed by atoms with E-state index < -0.39 is 15.9 Å². The zero-order valence-electron chi connectivity index (χ0n) is 19.3. The number of nitrogens with zero attached hydrogens (tertiary/aromatic N) is 1. The van der Waals surface area contributed by atoms with E-state index in [0.29, 0.717) is 37.4 Å². The molecular formula is C26H29FN2O4S. The number of amides is 1. The van der Waals surface area contributed by atoms with Crippen molar-refractivity contribution in [3.63, 3.8) is 0 Å². The lowest BCUT2D eigenvalue weighted by atomic mass is 10.1. The number of carbonyl (C=O) groups excluding carboxylic acids is 1. The number of aryl methyl sites for hydroxylation is 2. The van der Waals surface area contributed by atoms with Crippen LogP contribution in [0, 0.1) is 12.7 Å². The Morgan fingerprint density at radius 3 is 2.24 bits per heavy atom. The number of hydrogen-bond acceptors (Lipinski definition) is 4. The molecule has 0 aliphatic rings. The molecule has 0 heterocycles. The number of anilines is 1. The van der Waals surface area contributed by atoms with Gasteiger partial charge in [0, 0.05) is 6.54 Å². The van der Waals surface area contributed by atoms with Crippen LogP contribution in [0.2, 0.25) is 0 Å². The van der Waals surface area contributed by atoms with Crippen LogP contribution in [0.3, 0.4) is 0 Å². The number of carbonyl (C=O) groups is 1. The number of rotatable bonds is 11. The maximum Gasteiger partial charge on any atom is 0.264 e. The summed E-state index contributed by atoms with van der Waals surface area (Å²) in [5.74, 6) is -0.126. The fourth-order valence-electron chi connectivity index (χ4n) is 3.39. The second kappa shape index (κ2) is 11.7. The van der Waals surface area contributed by atoms with E-state index in [-0.39, 0.29) is 17.3 Å². The van der Waals surface area contributed by atoms with Gasteiger partial charge in [0.25, 0.3) is 10.0 Å². The van der Waals surface area contributed by atoms with E-state index in [4.69, 9.17) is 4.74 Å². The predicted octanol–water partition coefficient (Wildman–Crippen LogP) is 4.48. The quantitative estimate of drug-likeness (QED) is 0.407. The Labute approximate surface area is 200 Å². The highest BCUT2D eigenvalue weighted by atomic mass is 32.2. The molecule has 0 spiro atoms. The Morgan fingerprint density at radius 2 is 1.62 bits per heavy atom. The Hall–Kier alpha value is -3.39. The summed E-state index contributed by atoms with van der Waals surface area (Å²) in [5.41, 5.74) is 2.35. The molecule has 1 N–H and O–H groups in total. The van der Waals surface area contributed by atoms with Gasteiger partial charge in [-0.25, -0.2) is 12.8 Å². The van der Waals surface area contributed by atoms with Crippen LogP contribution in [-0.2, 0) is 21.2 Å².